The molecule has 0 fully saturated rings. The zero-order valence-corrected chi connectivity index (χ0v) is 9.86. The van der Waals surface area contributed by atoms with Gasteiger partial charge in [-0.3, -0.25) is 0 Å². The number of methoxy groups -OCH3 is 1. The van der Waals surface area contributed by atoms with E-state index >= 15 is 0 Å². The molecule has 0 aliphatic carbocycles. The summed E-state index contributed by atoms with van der Waals surface area (Å²) in [6, 6.07) is 0. The van der Waals surface area contributed by atoms with Crippen LogP contribution in [-0.2, 0) is 4.74 Å². The Kier molecular flexibility index (Phi) is 7.68. The summed E-state index contributed by atoms with van der Waals surface area (Å²) in [6.45, 7) is 4.66. The monoisotopic (exact) mass is 215 g/mol. The molecule has 0 aromatic heterocycles. The number of amides is 1. The van der Waals surface area contributed by atoms with Crippen molar-refractivity contribution in [2.75, 3.05) is 13.7 Å². The van der Waals surface area contributed by atoms with E-state index in [4.69, 9.17) is 4.74 Å². The summed E-state index contributed by atoms with van der Waals surface area (Å²) in [5, 5.41) is 10.7. The van der Waals surface area contributed by atoms with Crippen LogP contribution < -0.4 is 5.11 Å². The Morgan fingerprint density at radius 2 is 2.20 bits per heavy atom. The van der Waals surface area contributed by atoms with Crippen LogP contribution >= 0.6 is 0 Å². The van der Waals surface area contributed by atoms with Crippen molar-refractivity contribution >= 4 is 12.5 Å². The first-order chi connectivity index (χ1) is 7.15. The number of ether oxygens (including phenoxy) is 1. The zero-order chi connectivity index (χ0) is 11.7. The lowest BCUT2D eigenvalue weighted by molar-refractivity contribution is -0.523. The lowest BCUT2D eigenvalue weighted by Crippen LogP contribution is -2.37. The standard InChI is InChI=1S/C11H21NO3/c1-4-6-7-10(5-2)8-12(9-15-3)11(13)14/h9-10H,4-8H2,1-3H3. The van der Waals surface area contributed by atoms with E-state index < -0.39 is 6.09 Å². The molecule has 0 aliphatic heterocycles. The van der Waals surface area contributed by atoms with Gasteiger partial charge in [-0.1, -0.05) is 26.7 Å². The molecule has 0 aliphatic rings. The van der Waals surface area contributed by atoms with Crippen LogP contribution in [0.2, 0.25) is 0 Å². The van der Waals surface area contributed by atoms with Gasteiger partial charge in [0.2, 0.25) is 0 Å². The molecule has 0 N–H and O–H groups in total. The Balaban J connectivity index is 4.22. The summed E-state index contributed by atoms with van der Waals surface area (Å²) < 4.78 is 5.80. The van der Waals surface area contributed by atoms with Crippen molar-refractivity contribution in [1.29, 1.82) is 0 Å². The first kappa shape index (κ1) is 13.9. The molecule has 1 amide bonds. The van der Waals surface area contributed by atoms with Gasteiger partial charge in [0.05, 0.1) is 7.11 Å². The second-order valence-corrected chi connectivity index (χ2v) is 3.68. The molecule has 0 aromatic carbocycles. The number of hydrogen-bond acceptors (Lipinski definition) is 3. The molecule has 4 nitrogen and oxygen atoms in total. The average molecular weight is 215 g/mol. The number of rotatable bonds is 7. The summed E-state index contributed by atoms with van der Waals surface area (Å²) in [5.74, 6) is 0.384. The van der Waals surface area contributed by atoms with E-state index in [0.29, 0.717) is 12.5 Å². The molecular formula is C11H21NO3. The van der Waals surface area contributed by atoms with Gasteiger partial charge >= 0.3 is 12.5 Å². The Labute approximate surface area is 91.6 Å². The highest BCUT2D eigenvalue weighted by Gasteiger charge is 2.15. The topological polar surface area (TPSA) is 52.4 Å². The maximum atomic E-state index is 10.7. The van der Waals surface area contributed by atoms with E-state index in [1.54, 1.807) is 0 Å². The molecule has 15 heavy (non-hydrogen) atoms. The second-order valence-electron chi connectivity index (χ2n) is 3.68. The maximum absolute atomic E-state index is 10.7. The molecule has 0 saturated carbocycles. The largest absolute Gasteiger partial charge is 0.490 e. The highest BCUT2D eigenvalue weighted by atomic mass is 16.5. The fourth-order valence-electron chi connectivity index (χ4n) is 1.48. The van der Waals surface area contributed by atoms with Gasteiger partial charge in [-0.2, -0.15) is 0 Å². The van der Waals surface area contributed by atoms with Crippen LogP contribution in [0.15, 0.2) is 0 Å². The van der Waals surface area contributed by atoms with E-state index in [2.05, 4.69) is 13.8 Å². The van der Waals surface area contributed by atoms with E-state index in [-0.39, 0.29) is 0 Å². The Morgan fingerprint density at radius 1 is 1.53 bits per heavy atom. The van der Waals surface area contributed by atoms with Crippen LogP contribution in [0.1, 0.15) is 39.5 Å². The summed E-state index contributed by atoms with van der Waals surface area (Å²) in [6.07, 6.45) is 4.29. The third kappa shape index (κ3) is 6.10. The Bertz CT molecular complexity index is 214. The van der Waals surface area contributed by atoms with Crippen LogP contribution in [-0.4, -0.2) is 30.7 Å². The maximum Gasteiger partial charge on any atom is 0.340 e. The fraction of sp³-hybridized carbons (Fsp3) is 0.818. The molecule has 0 saturated heterocycles. The van der Waals surface area contributed by atoms with E-state index in [9.17, 15) is 9.90 Å². The lowest BCUT2D eigenvalue weighted by Gasteiger charge is -2.12. The predicted molar refractivity (Wildman–Crippen MR) is 56.9 cm³/mol. The predicted octanol–water partition coefficient (Wildman–Crippen LogP) is 1.23. The van der Waals surface area contributed by atoms with Crippen molar-refractivity contribution in [3.8, 4) is 0 Å². The fourth-order valence-corrected chi connectivity index (χ4v) is 1.48. The minimum absolute atomic E-state index is 0.384. The zero-order valence-electron chi connectivity index (χ0n) is 9.86. The quantitative estimate of drug-likeness (QED) is 0.364. The van der Waals surface area contributed by atoms with Crippen LogP contribution in [0.4, 0.5) is 4.79 Å². The van der Waals surface area contributed by atoms with Gasteiger partial charge in [0.15, 0.2) is 6.54 Å². The third-order valence-corrected chi connectivity index (χ3v) is 2.47. The van der Waals surface area contributed by atoms with Crippen molar-refractivity contribution in [3.05, 3.63) is 0 Å². The molecule has 0 spiro atoms. The number of nitrogens with zero attached hydrogens (tertiary/aromatic N) is 1. The molecule has 1 unspecified atom stereocenters. The van der Waals surface area contributed by atoms with Gasteiger partial charge in [0.25, 0.3) is 0 Å². The number of carbonyl (C=O) groups excluding carboxylic acids is 1. The smallest absolute Gasteiger partial charge is 0.340 e. The minimum atomic E-state index is -1.20. The molecular weight excluding hydrogens is 194 g/mol. The molecule has 4 heteroatoms. The average Bonchev–Trinajstić information content (AvgIpc) is 2.22. The summed E-state index contributed by atoms with van der Waals surface area (Å²) >= 11 is 0. The number of hydrogen-bond donors (Lipinski definition) is 0. The van der Waals surface area contributed by atoms with Gasteiger partial charge in [-0.15, -0.1) is 4.58 Å². The van der Waals surface area contributed by atoms with Gasteiger partial charge < -0.3 is 14.6 Å². The van der Waals surface area contributed by atoms with Crippen LogP contribution in [0.25, 0.3) is 0 Å². The first-order valence-electron chi connectivity index (χ1n) is 5.49. The van der Waals surface area contributed by atoms with Gasteiger partial charge in [0.1, 0.15) is 0 Å². The highest BCUT2D eigenvalue weighted by molar-refractivity contribution is 5.58. The van der Waals surface area contributed by atoms with Gasteiger partial charge in [-0.25, -0.2) is 0 Å². The molecule has 0 radical (unpaired) electrons. The number of unbranched alkanes of at least 4 members (excludes halogenated alkanes) is 1. The third-order valence-electron chi connectivity index (χ3n) is 2.47. The van der Waals surface area contributed by atoms with E-state index in [0.717, 1.165) is 30.3 Å². The molecule has 88 valence electrons. The Hall–Kier alpha value is -1.06. The van der Waals surface area contributed by atoms with E-state index in [1.807, 2.05) is 0 Å². The second kappa shape index (κ2) is 8.26. The normalized spacial score (nSPS) is 13.7. The van der Waals surface area contributed by atoms with Crippen LogP contribution in [0.5, 0.6) is 0 Å². The first-order valence-corrected chi connectivity index (χ1v) is 5.49. The molecule has 0 aromatic rings. The van der Waals surface area contributed by atoms with Crippen LogP contribution in [0, 0.1) is 5.92 Å². The minimum Gasteiger partial charge on any atom is -0.490 e. The molecule has 0 heterocycles. The van der Waals surface area contributed by atoms with Crippen molar-refractivity contribution in [1.82, 2.24) is 0 Å². The SMILES string of the molecule is CCCCC(CC)C[N+](=COC)C(=O)[O-]. The van der Waals surface area contributed by atoms with E-state index in [1.165, 1.54) is 13.5 Å². The number of carboxylic acid groups (broad SMARTS) is 1. The summed E-state index contributed by atoms with van der Waals surface area (Å²) in [7, 11) is 1.43. The van der Waals surface area contributed by atoms with Crippen molar-refractivity contribution in [2.45, 2.75) is 39.5 Å². The molecule has 0 rings (SSSR count). The summed E-state index contributed by atoms with van der Waals surface area (Å²) in [4.78, 5) is 10.7. The van der Waals surface area contributed by atoms with Crippen molar-refractivity contribution in [3.63, 3.8) is 0 Å². The Morgan fingerprint density at radius 3 is 2.60 bits per heavy atom. The van der Waals surface area contributed by atoms with Crippen molar-refractivity contribution in [2.24, 2.45) is 5.92 Å². The lowest BCUT2D eigenvalue weighted by atomic mass is 9.99. The van der Waals surface area contributed by atoms with Crippen LogP contribution in [0.3, 0.4) is 0 Å². The van der Waals surface area contributed by atoms with Crippen molar-refractivity contribution < 1.29 is 19.2 Å². The number of carbonyl (C=O) groups is 1. The molecule has 1 atom stereocenters. The molecule has 0 bridgehead atoms. The van der Waals surface area contributed by atoms with Gasteiger partial charge in [-0.05, 0) is 12.8 Å². The summed E-state index contributed by atoms with van der Waals surface area (Å²) in [5.41, 5.74) is 0. The van der Waals surface area contributed by atoms with Gasteiger partial charge in [0, 0.05) is 5.92 Å². The highest BCUT2D eigenvalue weighted by Crippen LogP contribution is 2.12.